The average molecular weight is 179 g/mol. The molecule has 72 valence electrons. The fraction of sp³-hybridized carbons (Fsp3) is 0.455. The second kappa shape index (κ2) is 3.79. The minimum Gasteiger partial charge on any atom is -0.507 e. The van der Waals surface area contributed by atoms with Gasteiger partial charge in [-0.05, 0) is 37.0 Å². The highest BCUT2D eigenvalue weighted by Crippen LogP contribution is 2.26. The van der Waals surface area contributed by atoms with E-state index >= 15 is 0 Å². The number of benzene rings is 1. The first kappa shape index (κ1) is 10.1. The van der Waals surface area contributed by atoms with Crippen molar-refractivity contribution in [3.63, 3.8) is 0 Å². The molecule has 0 fully saturated rings. The fourth-order valence-corrected chi connectivity index (χ4v) is 1.44. The smallest absolute Gasteiger partial charge is 0.121 e. The molecule has 0 aliphatic rings. The van der Waals surface area contributed by atoms with Crippen molar-refractivity contribution in [2.75, 3.05) is 0 Å². The van der Waals surface area contributed by atoms with E-state index in [0.717, 1.165) is 23.1 Å². The Bertz CT molecular complexity index is 284. The molecule has 13 heavy (non-hydrogen) atoms. The first-order valence-corrected chi connectivity index (χ1v) is 4.62. The maximum Gasteiger partial charge on any atom is 0.121 e. The van der Waals surface area contributed by atoms with Crippen molar-refractivity contribution in [2.45, 2.75) is 33.2 Å². The van der Waals surface area contributed by atoms with Gasteiger partial charge in [-0.25, -0.2) is 0 Å². The predicted octanol–water partition coefficient (Wildman–Crippen LogP) is 2.42. The van der Waals surface area contributed by atoms with Gasteiger partial charge < -0.3 is 10.8 Å². The summed E-state index contributed by atoms with van der Waals surface area (Å²) < 4.78 is 0. The number of hydrogen-bond donors (Lipinski definition) is 2. The minimum atomic E-state index is 0.0815. The third-order valence-corrected chi connectivity index (χ3v) is 2.38. The zero-order valence-electron chi connectivity index (χ0n) is 8.46. The Morgan fingerprint density at radius 3 is 2.15 bits per heavy atom. The zero-order chi connectivity index (χ0) is 10.0. The molecule has 0 aliphatic heterocycles. The Hall–Kier alpha value is -1.02. The molecule has 0 saturated heterocycles. The standard InChI is InChI=1S/C11H17NO/c1-4-10(12)9-5-7(2)11(13)8(3)6-9/h5-6,10,13H,4,12H2,1-3H3. The highest BCUT2D eigenvalue weighted by atomic mass is 16.3. The number of phenols is 1. The zero-order valence-corrected chi connectivity index (χ0v) is 8.46. The van der Waals surface area contributed by atoms with Crippen LogP contribution in [-0.2, 0) is 0 Å². The van der Waals surface area contributed by atoms with Crippen molar-refractivity contribution in [1.82, 2.24) is 0 Å². The molecular formula is C11H17NO. The van der Waals surface area contributed by atoms with Crippen molar-refractivity contribution < 1.29 is 5.11 Å². The first-order chi connectivity index (χ1) is 6.06. The highest BCUT2D eigenvalue weighted by molar-refractivity contribution is 5.42. The van der Waals surface area contributed by atoms with Gasteiger partial charge in [-0.1, -0.05) is 19.1 Å². The van der Waals surface area contributed by atoms with Crippen LogP contribution >= 0.6 is 0 Å². The van der Waals surface area contributed by atoms with Crippen LogP contribution in [0.25, 0.3) is 0 Å². The molecule has 0 amide bonds. The SMILES string of the molecule is CCC(N)c1cc(C)c(O)c(C)c1. The summed E-state index contributed by atoms with van der Waals surface area (Å²) in [5.41, 5.74) is 8.81. The van der Waals surface area contributed by atoms with E-state index in [4.69, 9.17) is 5.73 Å². The van der Waals surface area contributed by atoms with Gasteiger partial charge in [0.15, 0.2) is 0 Å². The van der Waals surface area contributed by atoms with Crippen LogP contribution < -0.4 is 5.73 Å². The van der Waals surface area contributed by atoms with Crippen LogP contribution in [0.5, 0.6) is 5.75 Å². The van der Waals surface area contributed by atoms with Gasteiger partial charge in [0.05, 0.1) is 0 Å². The van der Waals surface area contributed by atoms with Gasteiger partial charge in [0.25, 0.3) is 0 Å². The van der Waals surface area contributed by atoms with Crippen LogP contribution in [0.15, 0.2) is 12.1 Å². The molecule has 1 atom stereocenters. The van der Waals surface area contributed by atoms with Crippen molar-refractivity contribution in [3.8, 4) is 5.75 Å². The largest absolute Gasteiger partial charge is 0.507 e. The molecule has 3 N–H and O–H groups in total. The molecule has 2 heteroatoms. The second-order valence-corrected chi connectivity index (χ2v) is 3.52. The van der Waals surface area contributed by atoms with E-state index in [9.17, 15) is 5.11 Å². The molecule has 2 nitrogen and oxygen atoms in total. The van der Waals surface area contributed by atoms with Gasteiger partial charge >= 0.3 is 0 Å². The van der Waals surface area contributed by atoms with Crippen LogP contribution in [-0.4, -0.2) is 5.11 Å². The molecule has 0 saturated carbocycles. The number of phenolic OH excluding ortho intramolecular Hbond substituents is 1. The molecule has 1 aromatic rings. The molecule has 1 unspecified atom stereocenters. The summed E-state index contributed by atoms with van der Waals surface area (Å²) >= 11 is 0. The van der Waals surface area contributed by atoms with Gasteiger partial charge in [0, 0.05) is 6.04 Å². The van der Waals surface area contributed by atoms with Crippen LogP contribution in [0, 0.1) is 13.8 Å². The van der Waals surface area contributed by atoms with Crippen molar-refractivity contribution in [1.29, 1.82) is 0 Å². The van der Waals surface area contributed by atoms with Crippen LogP contribution in [0.2, 0.25) is 0 Å². The van der Waals surface area contributed by atoms with Gasteiger partial charge in [-0.2, -0.15) is 0 Å². The number of aryl methyl sites for hydroxylation is 2. The predicted molar refractivity (Wildman–Crippen MR) is 54.8 cm³/mol. The Labute approximate surface area is 79.4 Å². The molecule has 0 spiro atoms. The Balaban J connectivity index is 3.13. The van der Waals surface area contributed by atoms with Crippen LogP contribution in [0.1, 0.15) is 36.1 Å². The van der Waals surface area contributed by atoms with Crippen LogP contribution in [0.3, 0.4) is 0 Å². The third-order valence-electron chi connectivity index (χ3n) is 2.38. The average Bonchev–Trinajstić information content (AvgIpc) is 2.12. The normalized spacial score (nSPS) is 12.9. The van der Waals surface area contributed by atoms with E-state index < -0.39 is 0 Å². The monoisotopic (exact) mass is 179 g/mol. The number of rotatable bonds is 2. The quantitative estimate of drug-likeness (QED) is 0.732. The maximum absolute atomic E-state index is 9.54. The van der Waals surface area contributed by atoms with Crippen molar-refractivity contribution in [3.05, 3.63) is 28.8 Å². The fourth-order valence-electron chi connectivity index (χ4n) is 1.44. The molecule has 0 aliphatic carbocycles. The summed E-state index contributed by atoms with van der Waals surface area (Å²) in [6, 6.07) is 3.99. The van der Waals surface area contributed by atoms with Crippen molar-refractivity contribution in [2.24, 2.45) is 5.73 Å². The van der Waals surface area contributed by atoms with Gasteiger partial charge in [0.2, 0.25) is 0 Å². The highest BCUT2D eigenvalue weighted by Gasteiger charge is 2.07. The van der Waals surface area contributed by atoms with E-state index in [1.807, 2.05) is 26.0 Å². The lowest BCUT2D eigenvalue weighted by Crippen LogP contribution is -2.09. The second-order valence-electron chi connectivity index (χ2n) is 3.52. The molecule has 0 aromatic heterocycles. The summed E-state index contributed by atoms with van der Waals surface area (Å²) in [5, 5.41) is 9.54. The van der Waals surface area contributed by atoms with Crippen LogP contribution in [0.4, 0.5) is 0 Å². The molecule has 1 aromatic carbocycles. The Morgan fingerprint density at radius 2 is 1.77 bits per heavy atom. The van der Waals surface area contributed by atoms with Gasteiger partial charge in [-0.3, -0.25) is 0 Å². The molecular weight excluding hydrogens is 162 g/mol. The summed E-state index contributed by atoms with van der Waals surface area (Å²) in [4.78, 5) is 0. The lowest BCUT2D eigenvalue weighted by molar-refractivity contribution is 0.466. The maximum atomic E-state index is 9.54. The number of nitrogens with two attached hydrogens (primary N) is 1. The van der Waals surface area contributed by atoms with Gasteiger partial charge in [0.1, 0.15) is 5.75 Å². The molecule has 0 heterocycles. The van der Waals surface area contributed by atoms with Gasteiger partial charge in [-0.15, -0.1) is 0 Å². The molecule has 0 radical (unpaired) electrons. The van der Waals surface area contributed by atoms with E-state index in [-0.39, 0.29) is 6.04 Å². The topological polar surface area (TPSA) is 46.2 Å². The lowest BCUT2D eigenvalue weighted by Gasteiger charge is -2.12. The van der Waals surface area contributed by atoms with Crippen molar-refractivity contribution >= 4 is 0 Å². The molecule has 0 bridgehead atoms. The summed E-state index contributed by atoms with van der Waals surface area (Å²) in [5.74, 6) is 0.382. The van der Waals surface area contributed by atoms with E-state index in [1.165, 1.54) is 0 Å². The summed E-state index contributed by atoms with van der Waals surface area (Å²) in [6.07, 6.45) is 0.920. The molecule has 1 rings (SSSR count). The summed E-state index contributed by atoms with van der Waals surface area (Å²) in [6.45, 7) is 5.85. The lowest BCUT2D eigenvalue weighted by atomic mass is 9.99. The minimum absolute atomic E-state index is 0.0815. The van der Waals surface area contributed by atoms with E-state index in [2.05, 4.69) is 6.92 Å². The Morgan fingerprint density at radius 1 is 1.31 bits per heavy atom. The number of hydrogen-bond acceptors (Lipinski definition) is 2. The number of aromatic hydroxyl groups is 1. The van der Waals surface area contributed by atoms with E-state index in [1.54, 1.807) is 0 Å². The summed E-state index contributed by atoms with van der Waals surface area (Å²) in [7, 11) is 0. The third kappa shape index (κ3) is 2.01. The first-order valence-electron chi connectivity index (χ1n) is 4.62. The van der Waals surface area contributed by atoms with E-state index in [0.29, 0.717) is 5.75 Å². The Kier molecular flexibility index (Phi) is 2.94.